The highest BCUT2D eigenvalue weighted by molar-refractivity contribution is 5.73. The molecule has 5 heteroatoms. The fourth-order valence-electron chi connectivity index (χ4n) is 1.61. The third-order valence-electron chi connectivity index (χ3n) is 2.68. The molecule has 0 bridgehead atoms. The minimum absolute atomic E-state index is 0.242. The molecule has 2 N–H and O–H groups in total. The number of hydrogen-bond donors (Lipinski definition) is 2. The second-order valence-electron chi connectivity index (χ2n) is 4.35. The molecule has 0 atom stereocenters. The molecule has 0 aliphatic rings. The first-order valence-corrected chi connectivity index (χ1v) is 6.47. The highest BCUT2D eigenvalue weighted by Gasteiger charge is 2.01. The van der Waals surface area contributed by atoms with E-state index in [1.54, 1.807) is 18.4 Å². The van der Waals surface area contributed by atoms with Gasteiger partial charge in [-0.1, -0.05) is 17.7 Å². The van der Waals surface area contributed by atoms with Crippen LogP contribution in [0.3, 0.4) is 0 Å². The summed E-state index contributed by atoms with van der Waals surface area (Å²) in [5.41, 5.74) is 1.19. The Morgan fingerprint density at radius 2 is 2.00 bits per heavy atom. The summed E-state index contributed by atoms with van der Waals surface area (Å²) in [6.45, 7) is 3.27. The number of furan rings is 1. The van der Waals surface area contributed by atoms with E-state index in [-0.39, 0.29) is 6.03 Å². The fourth-order valence-corrected chi connectivity index (χ4v) is 1.61. The monoisotopic (exact) mass is 274 g/mol. The maximum Gasteiger partial charge on any atom is 0.315 e. The Balaban J connectivity index is 1.58. The zero-order valence-corrected chi connectivity index (χ0v) is 11.4. The number of urea groups is 1. The zero-order valence-electron chi connectivity index (χ0n) is 11.4. The van der Waals surface area contributed by atoms with Gasteiger partial charge in [-0.15, -0.1) is 0 Å². The predicted molar refractivity (Wildman–Crippen MR) is 75.6 cm³/mol. The second kappa shape index (κ2) is 7.23. The minimum atomic E-state index is -0.242. The molecule has 2 amide bonds. The van der Waals surface area contributed by atoms with Crippen molar-refractivity contribution in [1.82, 2.24) is 10.6 Å². The van der Waals surface area contributed by atoms with Crippen molar-refractivity contribution in [3.63, 3.8) is 0 Å². The Morgan fingerprint density at radius 1 is 1.20 bits per heavy atom. The van der Waals surface area contributed by atoms with Crippen LogP contribution in [0.5, 0.6) is 5.75 Å². The van der Waals surface area contributed by atoms with Gasteiger partial charge < -0.3 is 19.8 Å². The van der Waals surface area contributed by atoms with Crippen molar-refractivity contribution in [2.45, 2.75) is 13.5 Å². The smallest absolute Gasteiger partial charge is 0.315 e. The molecule has 1 aromatic carbocycles. The molecule has 0 saturated carbocycles. The molecule has 106 valence electrons. The lowest BCUT2D eigenvalue weighted by molar-refractivity contribution is 0.235. The van der Waals surface area contributed by atoms with Crippen LogP contribution in [0, 0.1) is 6.92 Å². The number of aryl methyl sites for hydroxylation is 1. The van der Waals surface area contributed by atoms with Crippen LogP contribution in [0.15, 0.2) is 47.1 Å². The van der Waals surface area contributed by atoms with Gasteiger partial charge in [0.1, 0.15) is 18.1 Å². The van der Waals surface area contributed by atoms with Crippen molar-refractivity contribution in [1.29, 1.82) is 0 Å². The number of amides is 2. The van der Waals surface area contributed by atoms with Crippen LogP contribution in [-0.2, 0) is 6.54 Å². The molecule has 1 heterocycles. The highest BCUT2D eigenvalue weighted by Crippen LogP contribution is 2.10. The summed E-state index contributed by atoms with van der Waals surface area (Å²) in [6.07, 6.45) is 1.57. The third kappa shape index (κ3) is 4.68. The Kier molecular flexibility index (Phi) is 5.06. The van der Waals surface area contributed by atoms with Crippen LogP contribution in [0.25, 0.3) is 0 Å². The number of carbonyl (C=O) groups is 1. The topological polar surface area (TPSA) is 63.5 Å². The standard InChI is InChI=1S/C15H18N2O3/c1-12-4-6-13(7-5-12)20-10-8-16-15(18)17-11-14-3-2-9-19-14/h2-7,9H,8,10-11H2,1H3,(H2,16,17,18). The van der Waals surface area contributed by atoms with Gasteiger partial charge in [-0.05, 0) is 31.2 Å². The molecule has 0 radical (unpaired) electrons. The van der Waals surface area contributed by atoms with Gasteiger partial charge >= 0.3 is 6.03 Å². The van der Waals surface area contributed by atoms with E-state index in [0.29, 0.717) is 19.7 Å². The molecule has 5 nitrogen and oxygen atoms in total. The second-order valence-corrected chi connectivity index (χ2v) is 4.35. The van der Waals surface area contributed by atoms with Crippen LogP contribution < -0.4 is 15.4 Å². The maximum absolute atomic E-state index is 11.5. The Labute approximate surface area is 117 Å². The van der Waals surface area contributed by atoms with Gasteiger partial charge in [-0.2, -0.15) is 0 Å². The average Bonchev–Trinajstić information content (AvgIpc) is 2.96. The van der Waals surface area contributed by atoms with E-state index in [0.717, 1.165) is 11.5 Å². The molecule has 2 aromatic rings. The molecule has 2 rings (SSSR count). The lowest BCUT2D eigenvalue weighted by atomic mass is 10.2. The lowest BCUT2D eigenvalue weighted by Gasteiger charge is -2.08. The number of rotatable bonds is 6. The average molecular weight is 274 g/mol. The lowest BCUT2D eigenvalue weighted by Crippen LogP contribution is -2.37. The van der Waals surface area contributed by atoms with E-state index in [2.05, 4.69) is 10.6 Å². The first kappa shape index (κ1) is 14.0. The van der Waals surface area contributed by atoms with Crippen LogP contribution in [-0.4, -0.2) is 19.2 Å². The van der Waals surface area contributed by atoms with Crippen molar-refractivity contribution in [3.8, 4) is 5.75 Å². The van der Waals surface area contributed by atoms with Gasteiger partial charge in [0.25, 0.3) is 0 Å². The van der Waals surface area contributed by atoms with Gasteiger partial charge in [-0.25, -0.2) is 4.79 Å². The first-order chi connectivity index (χ1) is 9.74. The van der Waals surface area contributed by atoms with Crippen LogP contribution in [0.2, 0.25) is 0 Å². The molecule has 0 unspecified atom stereocenters. The van der Waals surface area contributed by atoms with E-state index >= 15 is 0 Å². The molecule has 20 heavy (non-hydrogen) atoms. The van der Waals surface area contributed by atoms with E-state index in [1.807, 2.05) is 31.2 Å². The van der Waals surface area contributed by atoms with Crippen molar-refractivity contribution >= 4 is 6.03 Å². The van der Waals surface area contributed by atoms with E-state index in [9.17, 15) is 4.79 Å². The number of hydrogen-bond acceptors (Lipinski definition) is 3. The van der Waals surface area contributed by atoms with Crippen LogP contribution >= 0.6 is 0 Å². The third-order valence-corrected chi connectivity index (χ3v) is 2.68. The quantitative estimate of drug-likeness (QED) is 0.795. The Morgan fingerprint density at radius 3 is 2.70 bits per heavy atom. The first-order valence-electron chi connectivity index (χ1n) is 6.47. The molecule has 0 saturated heterocycles. The maximum atomic E-state index is 11.5. The normalized spacial score (nSPS) is 10.1. The minimum Gasteiger partial charge on any atom is -0.492 e. The molecular formula is C15H18N2O3. The summed E-state index contributed by atoms with van der Waals surface area (Å²) >= 11 is 0. The fraction of sp³-hybridized carbons (Fsp3) is 0.267. The number of ether oxygens (including phenoxy) is 1. The van der Waals surface area contributed by atoms with E-state index < -0.39 is 0 Å². The largest absolute Gasteiger partial charge is 0.492 e. The molecular weight excluding hydrogens is 256 g/mol. The highest BCUT2D eigenvalue weighted by atomic mass is 16.5. The summed E-state index contributed by atoms with van der Waals surface area (Å²) in [7, 11) is 0. The summed E-state index contributed by atoms with van der Waals surface area (Å²) in [5.74, 6) is 1.52. The van der Waals surface area contributed by atoms with Gasteiger partial charge in [0, 0.05) is 0 Å². The number of carbonyl (C=O) groups excluding carboxylic acids is 1. The predicted octanol–water partition coefficient (Wildman–Crippen LogP) is 2.47. The summed E-state index contributed by atoms with van der Waals surface area (Å²) in [6, 6.07) is 11.1. The molecule has 0 spiro atoms. The van der Waals surface area contributed by atoms with Crippen molar-refractivity contribution in [2.75, 3.05) is 13.2 Å². The van der Waals surface area contributed by atoms with Gasteiger partial charge in [0.05, 0.1) is 19.4 Å². The van der Waals surface area contributed by atoms with E-state index in [1.165, 1.54) is 5.56 Å². The van der Waals surface area contributed by atoms with Crippen molar-refractivity contribution in [3.05, 3.63) is 54.0 Å². The van der Waals surface area contributed by atoms with Gasteiger partial charge in [-0.3, -0.25) is 0 Å². The summed E-state index contributed by atoms with van der Waals surface area (Å²) in [4.78, 5) is 11.5. The van der Waals surface area contributed by atoms with Crippen LogP contribution in [0.1, 0.15) is 11.3 Å². The number of nitrogens with one attached hydrogen (secondary N) is 2. The SMILES string of the molecule is Cc1ccc(OCCNC(=O)NCc2ccco2)cc1. The molecule has 0 aliphatic heterocycles. The molecule has 0 aliphatic carbocycles. The van der Waals surface area contributed by atoms with Gasteiger partial charge in [0.2, 0.25) is 0 Å². The van der Waals surface area contributed by atoms with Crippen LogP contribution in [0.4, 0.5) is 4.79 Å². The zero-order chi connectivity index (χ0) is 14.2. The Hall–Kier alpha value is -2.43. The number of benzene rings is 1. The van der Waals surface area contributed by atoms with Gasteiger partial charge in [0.15, 0.2) is 0 Å². The van der Waals surface area contributed by atoms with Crippen molar-refractivity contribution < 1.29 is 13.9 Å². The summed E-state index contributed by atoms with van der Waals surface area (Å²) in [5, 5.41) is 5.40. The molecule has 1 aromatic heterocycles. The van der Waals surface area contributed by atoms with Crippen molar-refractivity contribution in [2.24, 2.45) is 0 Å². The summed E-state index contributed by atoms with van der Waals surface area (Å²) < 4.78 is 10.6. The van der Waals surface area contributed by atoms with E-state index in [4.69, 9.17) is 9.15 Å². The molecule has 0 fully saturated rings. The Bertz CT molecular complexity index is 521.